The van der Waals surface area contributed by atoms with Crippen molar-refractivity contribution in [3.05, 3.63) is 98.1 Å². The van der Waals surface area contributed by atoms with E-state index in [0.717, 1.165) is 16.9 Å². The van der Waals surface area contributed by atoms with Gasteiger partial charge in [0, 0.05) is 16.9 Å². The Labute approximate surface area is 195 Å². The Kier molecular flexibility index (Phi) is 4.61. The molecule has 0 aliphatic carbocycles. The minimum Gasteiger partial charge on any atom is -0.490 e. The average molecular weight is 459 g/mol. The fraction of sp³-hybridized carbons (Fsp3) is 0.200. The summed E-state index contributed by atoms with van der Waals surface area (Å²) in [7, 11) is 1.24. The molecule has 2 heterocycles. The molecule has 172 valence electrons. The van der Waals surface area contributed by atoms with Gasteiger partial charge in [-0.25, -0.2) is 0 Å². The molecule has 0 fully saturated rings. The Morgan fingerprint density at radius 1 is 0.941 bits per heavy atom. The van der Waals surface area contributed by atoms with E-state index in [2.05, 4.69) is 0 Å². The summed E-state index contributed by atoms with van der Waals surface area (Å²) in [5, 5.41) is 24.0. The molecule has 0 bridgehead atoms. The molecule has 9 heteroatoms. The fourth-order valence-electron chi connectivity index (χ4n) is 4.97. The number of nitro benzene ring substituents is 2. The normalized spacial score (nSPS) is 19.3. The van der Waals surface area contributed by atoms with Crippen LogP contribution in [-0.2, 0) is 5.41 Å². The minimum absolute atomic E-state index is 0.165. The Morgan fingerprint density at radius 3 is 2.24 bits per heavy atom. The summed E-state index contributed by atoms with van der Waals surface area (Å²) in [6.45, 7) is 3.99. The van der Waals surface area contributed by atoms with Crippen molar-refractivity contribution in [1.82, 2.24) is 0 Å². The molecule has 2 aliphatic heterocycles. The number of hydrogen-bond acceptors (Lipinski definition) is 7. The Balaban J connectivity index is 1.82. The summed E-state index contributed by atoms with van der Waals surface area (Å²) in [6.07, 6.45) is 3.57. The highest BCUT2D eigenvalue weighted by Crippen LogP contribution is 2.59. The van der Waals surface area contributed by atoms with Crippen LogP contribution in [0.3, 0.4) is 0 Å². The molecule has 1 atom stereocenters. The van der Waals surface area contributed by atoms with Crippen molar-refractivity contribution in [2.75, 3.05) is 12.0 Å². The molecule has 3 aromatic carbocycles. The lowest BCUT2D eigenvalue weighted by Gasteiger charge is -2.46. The number of benzene rings is 3. The van der Waals surface area contributed by atoms with Crippen LogP contribution in [0.2, 0.25) is 0 Å². The molecule has 5 rings (SSSR count). The third-order valence-corrected chi connectivity index (χ3v) is 6.61. The molecule has 1 unspecified atom stereocenters. The summed E-state index contributed by atoms with van der Waals surface area (Å²) < 4.78 is 11.7. The molecule has 1 spiro atoms. The lowest BCUT2D eigenvalue weighted by molar-refractivity contribution is -0.423. The smallest absolute Gasteiger partial charge is 0.392 e. The van der Waals surface area contributed by atoms with Crippen molar-refractivity contribution in [3.63, 3.8) is 0 Å². The zero-order valence-corrected chi connectivity index (χ0v) is 18.7. The summed E-state index contributed by atoms with van der Waals surface area (Å²) >= 11 is 0. The van der Waals surface area contributed by atoms with Gasteiger partial charge in [-0.3, -0.25) is 25.1 Å². The van der Waals surface area contributed by atoms with Crippen LogP contribution in [0.25, 0.3) is 6.08 Å². The maximum absolute atomic E-state index is 12.1. The van der Waals surface area contributed by atoms with Gasteiger partial charge in [0.1, 0.15) is 0 Å². The zero-order chi connectivity index (χ0) is 24.3. The van der Waals surface area contributed by atoms with Gasteiger partial charge in [-0.1, -0.05) is 36.4 Å². The molecule has 2 aliphatic rings. The molecule has 0 saturated heterocycles. The highest BCUT2D eigenvalue weighted by molar-refractivity contribution is 5.83. The second kappa shape index (κ2) is 7.31. The van der Waals surface area contributed by atoms with Crippen LogP contribution >= 0.6 is 0 Å². The molecule has 0 saturated carbocycles. The van der Waals surface area contributed by atoms with Gasteiger partial charge in [0.05, 0.1) is 22.4 Å². The second-order valence-corrected chi connectivity index (χ2v) is 8.65. The van der Waals surface area contributed by atoms with E-state index in [1.807, 2.05) is 79.4 Å². The standard InChI is InChI=1S/C25H21N3O6/c1-24(2)18-11-7-8-12-19(18)26(17-9-5-4-6-10-17)25(24)14-13-16-15-20(33-3)21(27(29)30)22(28(31)32)23(16)34-25/h4-15H,1-3H3. The summed E-state index contributed by atoms with van der Waals surface area (Å²) in [5.41, 5.74) is -0.359. The Morgan fingerprint density at radius 2 is 1.59 bits per heavy atom. The molecule has 0 radical (unpaired) electrons. The fourth-order valence-corrected chi connectivity index (χ4v) is 4.97. The summed E-state index contributed by atoms with van der Waals surface area (Å²) in [4.78, 5) is 24.4. The predicted molar refractivity (Wildman–Crippen MR) is 127 cm³/mol. The van der Waals surface area contributed by atoms with Crippen LogP contribution in [0.5, 0.6) is 11.5 Å². The quantitative estimate of drug-likeness (QED) is 0.361. The predicted octanol–water partition coefficient (Wildman–Crippen LogP) is 5.74. The van der Waals surface area contributed by atoms with Crippen LogP contribution in [0, 0.1) is 20.2 Å². The Bertz CT molecular complexity index is 1370. The lowest BCUT2D eigenvalue weighted by atomic mass is 9.76. The van der Waals surface area contributed by atoms with Gasteiger partial charge in [0.25, 0.3) is 0 Å². The Hall–Kier alpha value is -4.40. The van der Waals surface area contributed by atoms with Gasteiger partial charge in [-0.05, 0) is 55.8 Å². The number of nitrogens with zero attached hydrogens (tertiary/aromatic N) is 3. The third-order valence-electron chi connectivity index (χ3n) is 6.61. The molecule has 0 aromatic heterocycles. The number of methoxy groups -OCH3 is 1. The average Bonchev–Trinajstić information content (AvgIpc) is 3.01. The van der Waals surface area contributed by atoms with Gasteiger partial charge in [-0.15, -0.1) is 0 Å². The molecule has 0 N–H and O–H groups in total. The number of anilines is 2. The topological polar surface area (TPSA) is 108 Å². The molecule has 34 heavy (non-hydrogen) atoms. The molecule has 9 nitrogen and oxygen atoms in total. The van der Waals surface area contributed by atoms with E-state index >= 15 is 0 Å². The number of fused-ring (bicyclic) bond motifs is 2. The first-order valence-electron chi connectivity index (χ1n) is 10.6. The van der Waals surface area contributed by atoms with Crippen molar-refractivity contribution >= 4 is 28.8 Å². The van der Waals surface area contributed by atoms with Gasteiger partial charge in [0.15, 0.2) is 0 Å². The zero-order valence-electron chi connectivity index (χ0n) is 18.7. The van der Waals surface area contributed by atoms with E-state index in [0.29, 0.717) is 5.56 Å². The van der Waals surface area contributed by atoms with Crippen LogP contribution in [-0.4, -0.2) is 22.7 Å². The van der Waals surface area contributed by atoms with Crippen LogP contribution in [0.1, 0.15) is 25.0 Å². The second-order valence-electron chi connectivity index (χ2n) is 8.65. The van der Waals surface area contributed by atoms with Crippen LogP contribution < -0.4 is 14.4 Å². The van der Waals surface area contributed by atoms with Crippen molar-refractivity contribution in [2.24, 2.45) is 0 Å². The first-order chi connectivity index (χ1) is 16.2. The first kappa shape index (κ1) is 21.4. The summed E-state index contributed by atoms with van der Waals surface area (Å²) in [5.74, 6) is -0.365. The number of rotatable bonds is 4. The van der Waals surface area contributed by atoms with E-state index in [1.165, 1.54) is 13.2 Å². The number of para-hydroxylation sites is 2. The number of nitro groups is 2. The van der Waals surface area contributed by atoms with E-state index in [4.69, 9.17) is 9.47 Å². The molecular weight excluding hydrogens is 438 g/mol. The van der Waals surface area contributed by atoms with E-state index in [9.17, 15) is 20.2 Å². The molecular formula is C25H21N3O6. The largest absolute Gasteiger partial charge is 0.490 e. The van der Waals surface area contributed by atoms with Gasteiger partial charge in [0.2, 0.25) is 17.2 Å². The van der Waals surface area contributed by atoms with Crippen LogP contribution in [0.4, 0.5) is 22.7 Å². The molecule has 3 aromatic rings. The highest BCUT2D eigenvalue weighted by Gasteiger charge is 2.60. The van der Waals surface area contributed by atoms with E-state index in [-0.39, 0.29) is 11.5 Å². The maximum atomic E-state index is 12.1. The monoisotopic (exact) mass is 459 g/mol. The summed E-state index contributed by atoms with van der Waals surface area (Å²) in [6, 6.07) is 18.8. The van der Waals surface area contributed by atoms with E-state index in [1.54, 1.807) is 6.08 Å². The third kappa shape index (κ3) is 2.73. The van der Waals surface area contributed by atoms with E-state index < -0.39 is 32.4 Å². The first-order valence-corrected chi connectivity index (χ1v) is 10.6. The van der Waals surface area contributed by atoms with Gasteiger partial charge in [-0.2, -0.15) is 0 Å². The SMILES string of the molecule is COc1cc2c(c([N+](=O)[O-])c1[N+](=O)[O-])OC1(C=C2)N(c2ccccc2)c2ccccc2C1(C)C. The van der Waals surface area contributed by atoms with Crippen molar-refractivity contribution in [2.45, 2.75) is 25.0 Å². The number of hydrogen-bond donors (Lipinski definition) is 0. The van der Waals surface area contributed by atoms with Crippen LogP contribution in [0.15, 0.2) is 66.7 Å². The van der Waals surface area contributed by atoms with Crippen molar-refractivity contribution in [3.8, 4) is 11.5 Å². The van der Waals surface area contributed by atoms with Gasteiger partial charge >= 0.3 is 11.4 Å². The van der Waals surface area contributed by atoms with Crippen molar-refractivity contribution < 1.29 is 19.3 Å². The minimum atomic E-state index is -1.22. The number of ether oxygens (including phenoxy) is 2. The maximum Gasteiger partial charge on any atom is 0.392 e. The van der Waals surface area contributed by atoms with Crippen molar-refractivity contribution in [1.29, 1.82) is 0 Å². The molecule has 0 amide bonds. The highest BCUT2D eigenvalue weighted by atomic mass is 16.6. The lowest BCUT2D eigenvalue weighted by Crippen LogP contribution is -2.57. The van der Waals surface area contributed by atoms with Gasteiger partial charge < -0.3 is 9.47 Å².